The molecule has 0 radical (unpaired) electrons. The highest BCUT2D eigenvalue weighted by Crippen LogP contribution is 2.32. The summed E-state index contributed by atoms with van der Waals surface area (Å²) >= 11 is 0. The molecule has 27 heavy (non-hydrogen) atoms. The number of likely N-dealkylation sites (tertiary alicyclic amines) is 1. The number of amides is 1. The van der Waals surface area contributed by atoms with Crippen LogP contribution in [-0.4, -0.2) is 71.4 Å². The van der Waals surface area contributed by atoms with Crippen molar-refractivity contribution in [2.24, 2.45) is 5.92 Å². The molecular formula is C17H25F3N4O3. The van der Waals surface area contributed by atoms with E-state index in [9.17, 15) is 22.8 Å². The molecule has 0 bridgehead atoms. The fourth-order valence-electron chi connectivity index (χ4n) is 2.99. The molecule has 2 atom stereocenters. The molecule has 1 aromatic rings. The molecule has 1 fully saturated rings. The normalized spacial score (nSPS) is 20.8. The largest absolute Gasteiger partial charge is 0.449 e. The van der Waals surface area contributed by atoms with Crippen LogP contribution in [0, 0.1) is 5.92 Å². The lowest BCUT2D eigenvalue weighted by Crippen LogP contribution is -2.46. The van der Waals surface area contributed by atoms with Gasteiger partial charge in [-0.2, -0.15) is 18.3 Å². The number of hydrogen-bond acceptors (Lipinski definition) is 5. The Balaban J connectivity index is 2.09. The van der Waals surface area contributed by atoms with Crippen LogP contribution in [0.4, 0.5) is 13.2 Å². The summed E-state index contributed by atoms with van der Waals surface area (Å²) in [6.45, 7) is 1.88. The minimum absolute atomic E-state index is 0.136. The van der Waals surface area contributed by atoms with E-state index in [4.69, 9.17) is 0 Å². The van der Waals surface area contributed by atoms with Crippen molar-refractivity contribution in [2.45, 2.75) is 38.5 Å². The molecule has 2 heterocycles. The zero-order chi connectivity index (χ0) is 20.2. The van der Waals surface area contributed by atoms with Crippen LogP contribution in [-0.2, 0) is 20.9 Å². The zero-order valence-corrected chi connectivity index (χ0v) is 15.7. The van der Waals surface area contributed by atoms with Gasteiger partial charge < -0.3 is 14.5 Å². The van der Waals surface area contributed by atoms with E-state index < -0.39 is 30.7 Å². The predicted octanol–water partition coefficient (Wildman–Crippen LogP) is 1.85. The molecule has 152 valence electrons. The van der Waals surface area contributed by atoms with Crippen LogP contribution in [0.5, 0.6) is 0 Å². The SMILES string of the molecule is CC1CCC(c2ccn(CCN(C)C)n2)N(C(=O)C(=O)OCC(F)(F)F)C1. The predicted molar refractivity (Wildman–Crippen MR) is 90.6 cm³/mol. The second-order valence-corrected chi connectivity index (χ2v) is 7.15. The highest BCUT2D eigenvalue weighted by atomic mass is 19.4. The van der Waals surface area contributed by atoms with Crippen LogP contribution in [0.25, 0.3) is 0 Å². The highest BCUT2D eigenvalue weighted by molar-refractivity contribution is 6.32. The highest BCUT2D eigenvalue weighted by Gasteiger charge is 2.38. The van der Waals surface area contributed by atoms with Gasteiger partial charge in [-0.15, -0.1) is 0 Å². The fourth-order valence-corrected chi connectivity index (χ4v) is 2.99. The number of rotatable bonds is 5. The average Bonchev–Trinajstić information content (AvgIpc) is 3.05. The molecule has 0 spiro atoms. The first-order valence-corrected chi connectivity index (χ1v) is 8.79. The summed E-state index contributed by atoms with van der Waals surface area (Å²) in [5.74, 6) is -2.41. The second kappa shape index (κ2) is 8.73. The Bertz CT molecular complexity index is 660. The van der Waals surface area contributed by atoms with Crippen LogP contribution in [0.1, 0.15) is 31.5 Å². The van der Waals surface area contributed by atoms with Gasteiger partial charge in [0, 0.05) is 19.3 Å². The Morgan fingerprint density at radius 2 is 2.04 bits per heavy atom. The topological polar surface area (TPSA) is 67.7 Å². The van der Waals surface area contributed by atoms with Crippen molar-refractivity contribution < 1.29 is 27.5 Å². The fraction of sp³-hybridized carbons (Fsp3) is 0.706. The molecule has 2 unspecified atom stereocenters. The Kier molecular flexibility index (Phi) is 6.85. The Hall–Kier alpha value is -2.10. The molecule has 7 nitrogen and oxygen atoms in total. The van der Waals surface area contributed by atoms with E-state index >= 15 is 0 Å². The van der Waals surface area contributed by atoms with Gasteiger partial charge in [-0.1, -0.05) is 6.92 Å². The van der Waals surface area contributed by atoms with Crippen molar-refractivity contribution in [1.29, 1.82) is 0 Å². The molecule has 1 amide bonds. The zero-order valence-electron chi connectivity index (χ0n) is 15.7. The quantitative estimate of drug-likeness (QED) is 0.567. The number of likely N-dealkylation sites (N-methyl/N-ethyl adjacent to an activating group) is 1. The number of carbonyl (C=O) groups is 2. The lowest BCUT2D eigenvalue weighted by molar-refractivity contribution is -0.190. The summed E-state index contributed by atoms with van der Waals surface area (Å²) in [4.78, 5) is 27.5. The van der Waals surface area contributed by atoms with Crippen molar-refractivity contribution in [3.63, 3.8) is 0 Å². The number of halogens is 3. The summed E-state index contributed by atoms with van der Waals surface area (Å²) in [5.41, 5.74) is 0.623. The lowest BCUT2D eigenvalue weighted by Gasteiger charge is -2.37. The molecule has 1 saturated heterocycles. The van der Waals surface area contributed by atoms with Gasteiger partial charge in [0.15, 0.2) is 6.61 Å². The molecule has 0 aromatic carbocycles. The third kappa shape index (κ3) is 6.23. The van der Waals surface area contributed by atoms with Crippen LogP contribution < -0.4 is 0 Å². The minimum Gasteiger partial charge on any atom is -0.449 e. The first kappa shape index (κ1) is 21.2. The second-order valence-electron chi connectivity index (χ2n) is 7.15. The number of piperidine rings is 1. The van der Waals surface area contributed by atoms with E-state index in [1.54, 1.807) is 16.9 Å². The molecule has 1 aromatic heterocycles. The van der Waals surface area contributed by atoms with Crippen LogP contribution in [0.2, 0.25) is 0 Å². The van der Waals surface area contributed by atoms with Gasteiger partial charge in [0.1, 0.15) is 0 Å². The standard InChI is InChI=1S/C17H25F3N4O3/c1-12-4-5-14(13-6-7-23(21-13)9-8-22(2)3)24(10-12)15(25)16(26)27-11-17(18,19)20/h6-7,12,14H,4-5,8-11H2,1-3H3. The molecular weight excluding hydrogens is 365 g/mol. The monoisotopic (exact) mass is 390 g/mol. The van der Waals surface area contributed by atoms with Gasteiger partial charge in [0.25, 0.3) is 0 Å². The summed E-state index contributed by atoms with van der Waals surface area (Å²) in [7, 11) is 3.89. The summed E-state index contributed by atoms with van der Waals surface area (Å²) < 4.78 is 42.6. The number of aromatic nitrogens is 2. The number of ether oxygens (including phenoxy) is 1. The summed E-state index contributed by atoms with van der Waals surface area (Å²) in [5, 5.41) is 4.47. The third-order valence-electron chi connectivity index (χ3n) is 4.40. The maximum absolute atomic E-state index is 12.4. The molecule has 2 rings (SSSR count). The summed E-state index contributed by atoms with van der Waals surface area (Å²) in [6.07, 6.45) is -1.46. The van der Waals surface area contributed by atoms with Crippen molar-refractivity contribution in [1.82, 2.24) is 19.6 Å². The number of nitrogens with zero attached hydrogens (tertiary/aromatic N) is 4. The van der Waals surface area contributed by atoms with Crippen molar-refractivity contribution in [3.05, 3.63) is 18.0 Å². The van der Waals surface area contributed by atoms with E-state index in [1.807, 2.05) is 25.9 Å². The van der Waals surface area contributed by atoms with E-state index in [-0.39, 0.29) is 12.5 Å². The molecule has 1 aliphatic heterocycles. The maximum atomic E-state index is 12.4. The van der Waals surface area contributed by atoms with Crippen LogP contribution >= 0.6 is 0 Å². The van der Waals surface area contributed by atoms with Crippen LogP contribution in [0.15, 0.2) is 12.3 Å². The van der Waals surface area contributed by atoms with Gasteiger partial charge in [0.05, 0.1) is 18.3 Å². The van der Waals surface area contributed by atoms with E-state index in [2.05, 4.69) is 9.84 Å². The van der Waals surface area contributed by atoms with Gasteiger partial charge in [-0.05, 0) is 38.9 Å². The van der Waals surface area contributed by atoms with E-state index in [0.29, 0.717) is 18.7 Å². The lowest BCUT2D eigenvalue weighted by atomic mass is 9.92. The molecule has 0 aliphatic carbocycles. The Morgan fingerprint density at radius 3 is 2.67 bits per heavy atom. The van der Waals surface area contributed by atoms with Gasteiger partial charge in [-0.25, -0.2) is 4.79 Å². The number of alkyl halides is 3. The number of esters is 1. The number of carbonyl (C=O) groups excluding carboxylic acids is 2. The Morgan fingerprint density at radius 1 is 1.33 bits per heavy atom. The van der Waals surface area contributed by atoms with Crippen molar-refractivity contribution >= 4 is 11.9 Å². The smallest absolute Gasteiger partial charge is 0.422 e. The van der Waals surface area contributed by atoms with E-state index in [1.165, 1.54) is 4.90 Å². The van der Waals surface area contributed by atoms with Gasteiger partial charge >= 0.3 is 18.1 Å². The third-order valence-corrected chi connectivity index (χ3v) is 4.40. The molecule has 10 heteroatoms. The maximum Gasteiger partial charge on any atom is 0.422 e. The van der Waals surface area contributed by atoms with Crippen LogP contribution in [0.3, 0.4) is 0 Å². The average molecular weight is 390 g/mol. The minimum atomic E-state index is -4.67. The van der Waals surface area contributed by atoms with Gasteiger partial charge in [-0.3, -0.25) is 9.48 Å². The molecule has 0 saturated carbocycles. The van der Waals surface area contributed by atoms with E-state index in [0.717, 1.165) is 13.0 Å². The van der Waals surface area contributed by atoms with Gasteiger partial charge in [0.2, 0.25) is 0 Å². The summed E-state index contributed by atoms with van der Waals surface area (Å²) in [6, 6.07) is 1.32. The first-order valence-electron chi connectivity index (χ1n) is 8.79. The number of hydrogen-bond donors (Lipinski definition) is 0. The Labute approximate surface area is 156 Å². The molecule has 0 N–H and O–H groups in total. The van der Waals surface area contributed by atoms with Crippen molar-refractivity contribution in [2.75, 3.05) is 33.8 Å². The molecule has 1 aliphatic rings. The van der Waals surface area contributed by atoms with Crippen molar-refractivity contribution in [3.8, 4) is 0 Å². The first-order chi connectivity index (χ1) is 12.6.